The van der Waals surface area contributed by atoms with E-state index in [4.69, 9.17) is 14.6 Å². The summed E-state index contributed by atoms with van der Waals surface area (Å²) in [4.78, 5) is 46.7. The van der Waals surface area contributed by atoms with E-state index in [1.165, 1.54) is 78.9 Å². The normalized spacial score (nSPS) is 10.4. The lowest BCUT2D eigenvalue weighted by atomic mass is 9.94. The predicted molar refractivity (Wildman–Crippen MR) is 133 cm³/mol. The molecule has 0 saturated heterocycles. The Bertz CT molecular complexity index is 1570. The van der Waals surface area contributed by atoms with Crippen LogP contribution >= 0.6 is 0 Å². The van der Waals surface area contributed by atoms with Crippen molar-refractivity contribution in [3.8, 4) is 34.1 Å². The summed E-state index contributed by atoms with van der Waals surface area (Å²) in [7, 11) is 0. The predicted octanol–water partition coefficient (Wildman–Crippen LogP) is 5.73. The number of carbonyl (C=O) groups is 4. The van der Waals surface area contributed by atoms with Crippen LogP contribution in [0.2, 0.25) is 0 Å². The van der Waals surface area contributed by atoms with Crippen molar-refractivity contribution >= 4 is 23.9 Å². The summed E-state index contributed by atoms with van der Waals surface area (Å²) in [5.74, 6) is -5.01. The van der Waals surface area contributed by atoms with Gasteiger partial charge in [-0.3, -0.25) is 0 Å². The third kappa shape index (κ3) is 5.44. The van der Waals surface area contributed by atoms with E-state index in [-0.39, 0.29) is 33.9 Å². The monoisotopic (exact) mass is 514 g/mol. The molecule has 0 aliphatic rings. The average molecular weight is 514 g/mol. The first-order valence-corrected chi connectivity index (χ1v) is 10.9. The Morgan fingerprint density at radius 1 is 0.500 bits per heavy atom. The molecule has 4 rings (SSSR count). The molecule has 0 fully saturated rings. The van der Waals surface area contributed by atoms with Crippen LogP contribution in [0.3, 0.4) is 0 Å². The number of aromatic carboxylic acids is 4. The Kier molecular flexibility index (Phi) is 7.06. The summed E-state index contributed by atoms with van der Waals surface area (Å²) in [6.45, 7) is 0. The number of hydrogen-bond donors (Lipinski definition) is 4. The minimum absolute atomic E-state index is 0.0185. The van der Waals surface area contributed by atoms with Crippen LogP contribution in [0.15, 0.2) is 84.9 Å². The second-order valence-electron chi connectivity index (χ2n) is 7.87. The van der Waals surface area contributed by atoms with Gasteiger partial charge in [-0.05, 0) is 71.8 Å². The number of ether oxygens (including phenoxy) is 2. The molecule has 190 valence electrons. The number of rotatable bonds is 9. The maximum atomic E-state index is 12.2. The fraction of sp³-hybridized carbons (Fsp3) is 0. The van der Waals surface area contributed by atoms with Gasteiger partial charge in [0.25, 0.3) is 0 Å². The summed E-state index contributed by atoms with van der Waals surface area (Å²) >= 11 is 0. The van der Waals surface area contributed by atoms with Gasteiger partial charge in [0.15, 0.2) is 0 Å². The molecule has 0 unspecified atom stereocenters. The standard InChI is InChI=1S/C28H18O10/c29-25(30)16-3-1-5-19(13-16)37-18-9-7-15(8-10-18)21-11-12-22(24(28(35)36)23(21)27(33)34)38-20-6-2-4-17(14-20)26(31)32/h1-14H,(H,29,30)(H,31,32)(H,33,34)(H,35,36). The molecule has 0 atom stereocenters. The first-order chi connectivity index (χ1) is 18.1. The third-order valence-corrected chi connectivity index (χ3v) is 5.39. The highest BCUT2D eigenvalue weighted by Crippen LogP contribution is 2.36. The molecule has 0 saturated carbocycles. The molecule has 0 spiro atoms. The molecule has 0 aromatic heterocycles. The Morgan fingerprint density at radius 2 is 1.03 bits per heavy atom. The van der Waals surface area contributed by atoms with Gasteiger partial charge in [0.05, 0.1) is 16.7 Å². The van der Waals surface area contributed by atoms with Crippen molar-refractivity contribution in [3.63, 3.8) is 0 Å². The van der Waals surface area contributed by atoms with Crippen molar-refractivity contribution < 1.29 is 49.1 Å². The minimum Gasteiger partial charge on any atom is -0.478 e. The van der Waals surface area contributed by atoms with Gasteiger partial charge in [0.2, 0.25) is 0 Å². The van der Waals surface area contributed by atoms with E-state index in [0.29, 0.717) is 11.3 Å². The van der Waals surface area contributed by atoms with E-state index < -0.39 is 35.0 Å². The Hall–Kier alpha value is -5.64. The van der Waals surface area contributed by atoms with Crippen molar-refractivity contribution in [1.82, 2.24) is 0 Å². The Morgan fingerprint density at radius 3 is 1.53 bits per heavy atom. The van der Waals surface area contributed by atoms with E-state index in [0.717, 1.165) is 0 Å². The highest BCUT2D eigenvalue weighted by Gasteiger charge is 2.26. The molecule has 0 bridgehead atoms. The number of benzene rings is 4. The summed E-state index contributed by atoms with van der Waals surface area (Å²) in [5, 5.41) is 38.1. The first kappa shape index (κ1) is 25.5. The molecule has 0 radical (unpaired) electrons. The van der Waals surface area contributed by atoms with Gasteiger partial charge in [-0.15, -0.1) is 0 Å². The lowest BCUT2D eigenvalue weighted by Gasteiger charge is -2.15. The van der Waals surface area contributed by atoms with Gasteiger partial charge >= 0.3 is 23.9 Å². The van der Waals surface area contributed by atoms with Crippen molar-refractivity contribution in [3.05, 3.63) is 107 Å². The number of hydrogen-bond acceptors (Lipinski definition) is 6. The zero-order valence-electron chi connectivity index (χ0n) is 19.3. The zero-order chi connectivity index (χ0) is 27.4. The second kappa shape index (κ2) is 10.5. The quantitative estimate of drug-likeness (QED) is 0.216. The SMILES string of the molecule is O=C(O)c1cccc(Oc2ccc(-c3ccc(Oc4cccc(C(=O)O)c4)c(C(=O)O)c3C(=O)O)cc2)c1. The number of carboxylic acids is 4. The number of carboxylic acid groups (broad SMARTS) is 4. The highest BCUT2D eigenvalue weighted by atomic mass is 16.5. The molecule has 0 aliphatic heterocycles. The molecule has 10 nitrogen and oxygen atoms in total. The van der Waals surface area contributed by atoms with Gasteiger partial charge in [0, 0.05) is 0 Å². The third-order valence-electron chi connectivity index (χ3n) is 5.39. The van der Waals surface area contributed by atoms with Crippen LogP contribution < -0.4 is 9.47 Å². The maximum Gasteiger partial charge on any atom is 0.340 e. The Labute approximate surface area is 214 Å². The largest absolute Gasteiger partial charge is 0.478 e. The second-order valence-corrected chi connectivity index (χ2v) is 7.87. The summed E-state index contributed by atoms with van der Waals surface area (Å²) in [6, 6.07) is 20.0. The molecular formula is C28H18O10. The van der Waals surface area contributed by atoms with E-state index in [2.05, 4.69) is 0 Å². The van der Waals surface area contributed by atoms with Crippen LogP contribution in [0, 0.1) is 0 Å². The fourth-order valence-corrected chi connectivity index (χ4v) is 3.69. The van der Waals surface area contributed by atoms with Crippen LogP contribution in [-0.2, 0) is 0 Å². The smallest absolute Gasteiger partial charge is 0.340 e. The fourth-order valence-electron chi connectivity index (χ4n) is 3.69. The van der Waals surface area contributed by atoms with Crippen LogP contribution in [0.4, 0.5) is 0 Å². The van der Waals surface area contributed by atoms with Crippen molar-refractivity contribution in [1.29, 1.82) is 0 Å². The summed E-state index contributed by atoms with van der Waals surface area (Å²) in [5.41, 5.74) is -0.708. The topological polar surface area (TPSA) is 168 Å². The van der Waals surface area contributed by atoms with Crippen LogP contribution in [0.5, 0.6) is 23.0 Å². The summed E-state index contributed by atoms with van der Waals surface area (Å²) in [6.07, 6.45) is 0. The van der Waals surface area contributed by atoms with Crippen molar-refractivity contribution in [2.24, 2.45) is 0 Å². The lowest BCUT2D eigenvalue weighted by Crippen LogP contribution is -2.12. The van der Waals surface area contributed by atoms with E-state index in [9.17, 15) is 34.5 Å². The molecule has 4 aromatic carbocycles. The molecular weight excluding hydrogens is 496 g/mol. The van der Waals surface area contributed by atoms with E-state index in [1.54, 1.807) is 6.07 Å². The lowest BCUT2D eigenvalue weighted by molar-refractivity contribution is 0.0649. The molecule has 0 amide bonds. The maximum absolute atomic E-state index is 12.2. The van der Waals surface area contributed by atoms with Gasteiger partial charge in [-0.1, -0.05) is 24.3 Å². The average Bonchev–Trinajstić information content (AvgIpc) is 2.89. The van der Waals surface area contributed by atoms with Crippen LogP contribution in [-0.4, -0.2) is 44.3 Å². The van der Waals surface area contributed by atoms with E-state index >= 15 is 0 Å². The Balaban J connectivity index is 1.70. The van der Waals surface area contributed by atoms with Gasteiger partial charge in [-0.25, -0.2) is 19.2 Å². The molecule has 0 heterocycles. The van der Waals surface area contributed by atoms with E-state index in [1.807, 2.05) is 0 Å². The molecule has 38 heavy (non-hydrogen) atoms. The minimum atomic E-state index is -1.55. The first-order valence-electron chi connectivity index (χ1n) is 10.9. The molecule has 10 heteroatoms. The van der Waals surface area contributed by atoms with Crippen LogP contribution in [0.25, 0.3) is 11.1 Å². The highest BCUT2D eigenvalue weighted by molar-refractivity contribution is 6.08. The van der Waals surface area contributed by atoms with Gasteiger partial charge in [-0.2, -0.15) is 0 Å². The molecule has 0 aliphatic carbocycles. The van der Waals surface area contributed by atoms with Crippen LogP contribution in [0.1, 0.15) is 41.4 Å². The van der Waals surface area contributed by atoms with Crippen molar-refractivity contribution in [2.45, 2.75) is 0 Å². The van der Waals surface area contributed by atoms with Gasteiger partial charge < -0.3 is 29.9 Å². The molecule has 4 N–H and O–H groups in total. The molecule has 4 aromatic rings. The van der Waals surface area contributed by atoms with Crippen molar-refractivity contribution in [2.75, 3.05) is 0 Å². The zero-order valence-corrected chi connectivity index (χ0v) is 19.3. The van der Waals surface area contributed by atoms with Gasteiger partial charge in [0.1, 0.15) is 28.6 Å². The summed E-state index contributed by atoms with van der Waals surface area (Å²) < 4.78 is 11.3.